The van der Waals surface area contributed by atoms with Crippen molar-refractivity contribution in [2.75, 3.05) is 0 Å². The molecule has 3 heterocycles. The summed E-state index contributed by atoms with van der Waals surface area (Å²) in [4.78, 5) is 5.16. The Morgan fingerprint density at radius 2 is 1.09 bits per heavy atom. The topological polar surface area (TPSA) is 35.9 Å². The number of imidazole rings is 1. The van der Waals surface area contributed by atoms with Crippen LogP contribution in [0, 0.1) is 0 Å². The van der Waals surface area contributed by atoms with Gasteiger partial charge in [-0.05, 0) is 71.8 Å². The summed E-state index contributed by atoms with van der Waals surface area (Å²) in [7, 11) is 0. The van der Waals surface area contributed by atoms with Gasteiger partial charge < -0.3 is 8.98 Å². The normalized spacial score (nSPS) is 11.8. The highest BCUT2D eigenvalue weighted by Gasteiger charge is 2.19. The molecule has 0 unspecified atom stereocenters. The highest BCUT2D eigenvalue weighted by molar-refractivity contribution is 6.23. The van der Waals surface area contributed by atoms with Gasteiger partial charge in [0.1, 0.15) is 17.0 Å². The summed E-state index contributed by atoms with van der Waals surface area (Å²) >= 11 is 0. The second-order valence-electron chi connectivity index (χ2n) is 12.0. The van der Waals surface area contributed by atoms with Crippen LogP contribution >= 0.6 is 0 Å². The third-order valence-corrected chi connectivity index (χ3v) is 9.34. The van der Waals surface area contributed by atoms with Gasteiger partial charge in [0.25, 0.3) is 0 Å². The zero-order valence-electron chi connectivity index (χ0n) is 25.3. The van der Waals surface area contributed by atoms with Crippen molar-refractivity contribution in [2.45, 2.75) is 0 Å². The van der Waals surface area contributed by atoms with Crippen LogP contribution in [-0.4, -0.2) is 14.1 Å². The molecular weight excluding hydrogens is 574 g/mol. The molecule has 10 rings (SSSR count). The van der Waals surface area contributed by atoms with E-state index in [1.54, 1.807) is 0 Å². The minimum Gasteiger partial charge on any atom is -0.455 e. The molecule has 0 atom stereocenters. The lowest BCUT2D eigenvalue weighted by molar-refractivity contribution is 0.673. The van der Waals surface area contributed by atoms with Crippen molar-refractivity contribution >= 4 is 54.8 Å². The number of nitrogens with zero attached hydrogens (tertiary/aromatic N) is 3. The molecule has 0 aliphatic carbocycles. The average molecular weight is 602 g/mol. The summed E-state index contributed by atoms with van der Waals surface area (Å²) in [5, 5.41) is 4.62. The lowest BCUT2D eigenvalue weighted by atomic mass is 10.0. The van der Waals surface area contributed by atoms with Crippen LogP contribution in [0.5, 0.6) is 0 Å². The molecule has 3 aromatic heterocycles. The van der Waals surface area contributed by atoms with Gasteiger partial charge >= 0.3 is 0 Å². The van der Waals surface area contributed by atoms with Crippen molar-refractivity contribution in [3.8, 4) is 33.9 Å². The molecule has 47 heavy (non-hydrogen) atoms. The van der Waals surface area contributed by atoms with Gasteiger partial charge in [0.15, 0.2) is 0 Å². The monoisotopic (exact) mass is 601 g/mol. The lowest BCUT2D eigenvalue weighted by Crippen LogP contribution is -1.97. The van der Waals surface area contributed by atoms with Crippen LogP contribution in [0.4, 0.5) is 0 Å². The minimum absolute atomic E-state index is 0.914. The Morgan fingerprint density at radius 1 is 0.426 bits per heavy atom. The minimum atomic E-state index is 0.914. The first kappa shape index (κ1) is 25.9. The Morgan fingerprint density at radius 3 is 1.91 bits per heavy atom. The van der Waals surface area contributed by atoms with Gasteiger partial charge in [-0.1, -0.05) is 103 Å². The first-order valence-corrected chi connectivity index (χ1v) is 15.9. The molecule has 0 N–H and O–H groups in total. The van der Waals surface area contributed by atoms with Crippen molar-refractivity contribution in [1.82, 2.24) is 14.1 Å². The average Bonchev–Trinajstić information content (AvgIpc) is 3.82. The van der Waals surface area contributed by atoms with E-state index < -0.39 is 0 Å². The standard InChI is InChI=1S/C43H27N3O/c1-3-11-29(12-4-1)43-44-36-27-30(21-25-38(36)46(43)31-13-5-2-6-14-31)28-19-22-32(23-20-28)45-37-17-9-7-16-35(37)41-39(45)26-24-34-33-15-8-10-18-40(33)47-42(34)41/h1-27H. The van der Waals surface area contributed by atoms with Crippen LogP contribution in [0.1, 0.15) is 0 Å². The number of fused-ring (bicyclic) bond motifs is 8. The molecule has 0 bridgehead atoms. The zero-order chi connectivity index (χ0) is 30.9. The predicted molar refractivity (Wildman–Crippen MR) is 194 cm³/mol. The maximum Gasteiger partial charge on any atom is 0.145 e. The molecule has 220 valence electrons. The van der Waals surface area contributed by atoms with E-state index in [4.69, 9.17) is 9.40 Å². The third kappa shape index (κ3) is 3.92. The fraction of sp³-hybridized carbons (Fsp3) is 0. The molecule has 0 amide bonds. The van der Waals surface area contributed by atoms with Crippen LogP contribution in [0.15, 0.2) is 168 Å². The van der Waals surface area contributed by atoms with Crippen LogP contribution in [0.3, 0.4) is 0 Å². The first-order chi connectivity index (χ1) is 23.3. The fourth-order valence-electron chi connectivity index (χ4n) is 7.20. The molecule has 0 aliphatic rings. The Balaban J connectivity index is 1.11. The molecule has 0 saturated carbocycles. The van der Waals surface area contributed by atoms with Gasteiger partial charge in [-0.3, -0.25) is 4.57 Å². The summed E-state index contributed by atoms with van der Waals surface area (Å²) in [6.07, 6.45) is 0. The van der Waals surface area contributed by atoms with E-state index in [0.29, 0.717) is 0 Å². The summed E-state index contributed by atoms with van der Waals surface area (Å²) in [5.74, 6) is 0.934. The van der Waals surface area contributed by atoms with Crippen molar-refractivity contribution in [3.05, 3.63) is 164 Å². The number of aromatic nitrogens is 3. The number of rotatable bonds is 4. The third-order valence-electron chi connectivity index (χ3n) is 9.34. The van der Waals surface area contributed by atoms with Crippen molar-refractivity contribution in [3.63, 3.8) is 0 Å². The van der Waals surface area contributed by atoms with Crippen molar-refractivity contribution in [2.24, 2.45) is 0 Å². The van der Waals surface area contributed by atoms with Crippen molar-refractivity contribution in [1.29, 1.82) is 0 Å². The molecule has 0 spiro atoms. The Bertz CT molecular complexity index is 2770. The van der Waals surface area contributed by atoms with Crippen LogP contribution < -0.4 is 0 Å². The van der Waals surface area contributed by atoms with Gasteiger partial charge in [0, 0.05) is 33.1 Å². The van der Waals surface area contributed by atoms with Crippen LogP contribution in [0.2, 0.25) is 0 Å². The van der Waals surface area contributed by atoms with E-state index in [2.05, 4.69) is 149 Å². The second-order valence-corrected chi connectivity index (χ2v) is 12.0. The first-order valence-electron chi connectivity index (χ1n) is 15.9. The molecule has 0 aliphatic heterocycles. The quantitative estimate of drug-likeness (QED) is 0.201. The van der Waals surface area contributed by atoms with Crippen LogP contribution in [0.25, 0.3) is 88.7 Å². The number of para-hydroxylation sites is 3. The molecule has 4 nitrogen and oxygen atoms in total. The Hall–Kier alpha value is -6.39. The molecule has 4 heteroatoms. The van der Waals surface area contributed by atoms with Crippen molar-refractivity contribution < 1.29 is 4.42 Å². The fourth-order valence-corrected chi connectivity index (χ4v) is 7.20. The van der Waals surface area contributed by atoms with E-state index in [0.717, 1.165) is 83.3 Å². The molecule has 7 aromatic carbocycles. The van der Waals surface area contributed by atoms with E-state index in [1.807, 2.05) is 24.3 Å². The molecule has 0 saturated heterocycles. The van der Waals surface area contributed by atoms with Crippen LogP contribution in [-0.2, 0) is 0 Å². The predicted octanol–water partition coefficient (Wildman–Crippen LogP) is 11.4. The summed E-state index contributed by atoms with van der Waals surface area (Å²) < 4.78 is 11.1. The summed E-state index contributed by atoms with van der Waals surface area (Å²) in [6, 6.07) is 57.6. The van der Waals surface area contributed by atoms with E-state index in [9.17, 15) is 0 Å². The summed E-state index contributed by atoms with van der Waals surface area (Å²) in [5.41, 5.74) is 11.8. The van der Waals surface area contributed by atoms with Gasteiger partial charge in [-0.2, -0.15) is 0 Å². The molecule has 0 radical (unpaired) electrons. The largest absolute Gasteiger partial charge is 0.455 e. The Labute approximate surface area is 270 Å². The smallest absolute Gasteiger partial charge is 0.145 e. The highest BCUT2D eigenvalue weighted by Crippen LogP contribution is 2.41. The van der Waals surface area contributed by atoms with E-state index in [1.165, 1.54) is 5.39 Å². The zero-order valence-corrected chi connectivity index (χ0v) is 25.3. The summed E-state index contributed by atoms with van der Waals surface area (Å²) in [6.45, 7) is 0. The SMILES string of the molecule is c1ccc(-c2nc3cc(-c4ccc(-n5c6ccccc6c6c7oc8ccccc8c7ccc65)cc4)ccc3n2-c2ccccc2)cc1. The number of hydrogen-bond acceptors (Lipinski definition) is 2. The molecular formula is C43H27N3O. The van der Waals surface area contributed by atoms with Gasteiger partial charge in [0.2, 0.25) is 0 Å². The number of furan rings is 1. The second kappa shape index (κ2) is 10.1. The van der Waals surface area contributed by atoms with Gasteiger partial charge in [0.05, 0.1) is 27.5 Å². The highest BCUT2D eigenvalue weighted by atomic mass is 16.3. The lowest BCUT2D eigenvalue weighted by Gasteiger charge is -2.10. The van der Waals surface area contributed by atoms with Gasteiger partial charge in [-0.25, -0.2) is 4.98 Å². The maximum absolute atomic E-state index is 6.48. The molecule has 0 fully saturated rings. The maximum atomic E-state index is 6.48. The van der Waals surface area contributed by atoms with E-state index in [-0.39, 0.29) is 0 Å². The number of benzene rings is 7. The van der Waals surface area contributed by atoms with E-state index >= 15 is 0 Å². The number of hydrogen-bond donors (Lipinski definition) is 0. The van der Waals surface area contributed by atoms with Gasteiger partial charge in [-0.15, -0.1) is 0 Å². The Kier molecular flexibility index (Phi) is 5.54. The molecule has 10 aromatic rings.